The first-order valence-corrected chi connectivity index (χ1v) is 8.74. The number of hydrogen-bond donors (Lipinski definition) is 2. The molecule has 0 saturated carbocycles. The molecule has 2 atom stereocenters. The highest BCUT2D eigenvalue weighted by Crippen LogP contribution is 2.27. The molecule has 6 nitrogen and oxygen atoms in total. The molecule has 2 rings (SSSR count). The van der Waals surface area contributed by atoms with Crippen molar-refractivity contribution in [1.82, 2.24) is 5.32 Å². The first-order chi connectivity index (χ1) is 11.8. The SMILES string of the molecule is COc1ccc(N2CC(C(=O)NC(C)(CN)CC(C)C)CC2=O)cc1. The Balaban J connectivity index is 2.04. The van der Waals surface area contributed by atoms with Crippen molar-refractivity contribution < 1.29 is 14.3 Å². The number of methoxy groups -OCH3 is 1. The van der Waals surface area contributed by atoms with E-state index >= 15 is 0 Å². The standard InChI is InChI=1S/C19H29N3O3/c1-13(2)10-19(3,12-20)21-18(24)14-9-17(23)22(11-14)15-5-7-16(25-4)8-6-15/h5-8,13-14H,9-12,20H2,1-4H3,(H,21,24). The van der Waals surface area contributed by atoms with E-state index < -0.39 is 5.54 Å². The highest BCUT2D eigenvalue weighted by Gasteiger charge is 2.37. The zero-order valence-electron chi connectivity index (χ0n) is 15.5. The molecule has 0 bridgehead atoms. The summed E-state index contributed by atoms with van der Waals surface area (Å²) in [5.74, 6) is 0.668. The second kappa shape index (κ2) is 7.87. The Kier molecular flexibility index (Phi) is 6.06. The van der Waals surface area contributed by atoms with E-state index in [0.717, 1.165) is 17.9 Å². The molecule has 1 aromatic rings. The van der Waals surface area contributed by atoms with Gasteiger partial charge in [0.2, 0.25) is 11.8 Å². The average molecular weight is 347 g/mol. The fraction of sp³-hybridized carbons (Fsp3) is 0.579. The molecule has 1 aliphatic heterocycles. The number of rotatable bonds is 7. The molecule has 2 unspecified atom stereocenters. The van der Waals surface area contributed by atoms with E-state index in [1.165, 1.54) is 0 Å². The van der Waals surface area contributed by atoms with Crippen LogP contribution in [0.5, 0.6) is 5.75 Å². The van der Waals surface area contributed by atoms with Crippen molar-refractivity contribution in [3.8, 4) is 5.75 Å². The van der Waals surface area contributed by atoms with Gasteiger partial charge in [0.1, 0.15) is 5.75 Å². The third-order valence-corrected chi connectivity index (χ3v) is 4.61. The summed E-state index contributed by atoms with van der Waals surface area (Å²) in [6.07, 6.45) is 1.03. The molecule has 25 heavy (non-hydrogen) atoms. The predicted molar refractivity (Wildman–Crippen MR) is 98.5 cm³/mol. The van der Waals surface area contributed by atoms with E-state index in [9.17, 15) is 9.59 Å². The molecule has 1 fully saturated rings. The zero-order valence-corrected chi connectivity index (χ0v) is 15.5. The van der Waals surface area contributed by atoms with Crippen LogP contribution in [0, 0.1) is 11.8 Å². The van der Waals surface area contributed by atoms with Gasteiger partial charge in [-0.15, -0.1) is 0 Å². The first-order valence-electron chi connectivity index (χ1n) is 8.74. The van der Waals surface area contributed by atoms with Crippen molar-refractivity contribution in [2.75, 3.05) is 25.1 Å². The maximum Gasteiger partial charge on any atom is 0.227 e. The molecule has 0 spiro atoms. The molecule has 0 aliphatic carbocycles. The molecular formula is C19H29N3O3. The van der Waals surface area contributed by atoms with Crippen molar-refractivity contribution in [2.45, 2.75) is 39.2 Å². The van der Waals surface area contributed by atoms with Gasteiger partial charge >= 0.3 is 0 Å². The van der Waals surface area contributed by atoms with Gasteiger partial charge in [-0.3, -0.25) is 9.59 Å². The molecule has 1 heterocycles. The Hall–Kier alpha value is -2.08. The summed E-state index contributed by atoms with van der Waals surface area (Å²) in [6, 6.07) is 7.29. The fourth-order valence-corrected chi connectivity index (χ4v) is 3.38. The summed E-state index contributed by atoms with van der Waals surface area (Å²) in [5.41, 5.74) is 6.21. The van der Waals surface area contributed by atoms with Crippen LogP contribution in [0.15, 0.2) is 24.3 Å². The molecule has 138 valence electrons. The molecule has 1 aliphatic rings. The van der Waals surface area contributed by atoms with Gasteiger partial charge in [-0.05, 0) is 43.5 Å². The number of nitrogens with zero attached hydrogens (tertiary/aromatic N) is 1. The van der Waals surface area contributed by atoms with Crippen LogP contribution in [0.4, 0.5) is 5.69 Å². The summed E-state index contributed by atoms with van der Waals surface area (Å²) >= 11 is 0. The summed E-state index contributed by atoms with van der Waals surface area (Å²) in [4.78, 5) is 26.7. The van der Waals surface area contributed by atoms with Crippen LogP contribution in [0.1, 0.15) is 33.6 Å². The maximum absolute atomic E-state index is 12.7. The molecular weight excluding hydrogens is 318 g/mol. The highest BCUT2D eigenvalue weighted by molar-refractivity contribution is 6.00. The number of nitrogens with two attached hydrogens (primary N) is 1. The van der Waals surface area contributed by atoms with E-state index in [1.807, 2.05) is 31.2 Å². The van der Waals surface area contributed by atoms with Crippen LogP contribution in [-0.2, 0) is 9.59 Å². The summed E-state index contributed by atoms with van der Waals surface area (Å²) in [5, 5.41) is 3.06. The number of amides is 2. The van der Waals surface area contributed by atoms with Crippen molar-refractivity contribution in [3.63, 3.8) is 0 Å². The Morgan fingerprint density at radius 3 is 2.56 bits per heavy atom. The Bertz CT molecular complexity index is 615. The first kappa shape index (κ1) is 19.2. The second-order valence-electron chi connectivity index (χ2n) is 7.46. The average Bonchev–Trinajstić information content (AvgIpc) is 2.96. The van der Waals surface area contributed by atoms with Crippen molar-refractivity contribution in [1.29, 1.82) is 0 Å². The highest BCUT2D eigenvalue weighted by atomic mass is 16.5. The molecule has 1 saturated heterocycles. The zero-order chi connectivity index (χ0) is 18.6. The summed E-state index contributed by atoms with van der Waals surface area (Å²) < 4.78 is 5.14. The minimum Gasteiger partial charge on any atom is -0.497 e. The number of nitrogens with one attached hydrogen (secondary N) is 1. The molecule has 3 N–H and O–H groups in total. The molecule has 6 heteroatoms. The van der Waals surface area contributed by atoms with E-state index in [1.54, 1.807) is 12.0 Å². The largest absolute Gasteiger partial charge is 0.497 e. The Morgan fingerprint density at radius 1 is 1.40 bits per heavy atom. The lowest BCUT2D eigenvalue weighted by Crippen LogP contribution is -2.54. The predicted octanol–water partition coefficient (Wildman–Crippen LogP) is 1.93. The van der Waals surface area contributed by atoms with Gasteiger partial charge in [0.25, 0.3) is 0 Å². The third kappa shape index (κ3) is 4.72. The second-order valence-corrected chi connectivity index (χ2v) is 7.46. The van der Waals surface area contributed by atoms with Crippen LogP contribution in [-0.4, -0.2) is 37.6 Å². The normalized spacial score (nSPS) is 19.8. The van der Waals surface area contributed by atoms with Gasteiger partial charge in [-0.1, -0.05) is 13.8 Å². The van der Waals surface area contributed by atoms with Gasteiger partial charge in [0.05, 0.1) is 13.0 Å². The van der Waals surface area contributed by atoms with Crippen molar-refractivity contribution >= 4 is 17.5 Å². The number of anilines is 1. The topological polar surface area (TPSA) is 84.7 Å². The third-order valence-electron chi connectivity index (χ3n) is 4.61. The van der Waals surface area contributed by atoms with Gasteiger partial charge in [0.15, 0.2) is 0 Å². The molecule has 2 amide bonds. The number of benzene rings is 1. The lowest BCUT2D eigenvalue weighted by Gasteiger charge is -2.32. The number of hydrogen-bond acceptors (Lipinski definition) is 4. The van der Waals surface area contributed by atoms with E-state index in [2.05, 4.69) is 19.2 Å². The summed E-state index contributed by atoms with van der Waals surface area (Å²) in [7, 11) is 1.60. The number of carbonyl (C=O) groups excluding carboxylic acids is 2. The smallest absolute Gasteiger partial charge is 0.227 e. The van der Waals surface area contributed by atoms with E-state index in [0.29, 0.717) is 19.0 Å². The van der Waals surface area contributed by atoms with Gasteiger partial charge in [0, 0.05) is 30.7 Å². The van der Waals surface area contributed by atoms with Gasteiger partial charge < -0.3 is 20.7 Å². The summed E-state index contributed by atoms with van der Waals surface area (Å²) in [6.45, 7) is 6.93. The van der Waals surface area contributed by atoms with Crippen molar-refractivity contribution in [3.05, 3.63) is 24.3 Å². The lowest BCUT2D eigenvalue weighted by atomic mass is 9.90. The van der Waals surface area contributed by atoms with E-state index in [-0.39, 0.29) is 24.2 Å². The lowest BCUT2D eigenvalue weighted by molar-refractivity contribution is -0.128. The van der Waals surface area contributed by atoms with Crippen molar-refractivity contribution in [2.24, 2.45) is 17.6 Å². The monoisotopic (exact) mass is 347 g/mol. The minimum atomic E-state index is -0.443. The number of carbonyl (C=O) groups is 2. The molecule has 0 aromatic heterocycles. The fourth-order valence-electron chi connectivity index (χ4n) is 3.38. The van der Waals surface area contributed by atoms with Crippen LogP contribution < -0.4 is 20.7 Å². The minimum absolute atomic E-state index is 0.0383. The maximum atomic E-state index is 12.7. The van der Waals surface area contributed by atoms with Crippen LogP contribution in [0.3, 0.4) is 0 Å². The quantitative estimate of drug-likeness (QED) is 0.789. The van der Waals surface area contributed by atoms with Crippen LogP contribution in [0.2, 0.25) is 0 Å². The Labute approximate surface area is 149 Å². The van der Waals surface area contributed by atoms with Gasteiger partial charge in [-0.25, -0.2) is 0 Å². The van der Waals surface area contributed by atoms with Crippen LogP contribution in [0.25, 0.3) is 0 Å². The number of ether oxygens (including phenoxy) is 1. The van der Waals surface area contributed by atoms with E-state index in [4.69, 9.17) is 10.5 Å². The molecule has 0 radical (unpaired) electrons. The van der Waals surface area contributed by atoms with Gasteiger partial charge in [-0.2, -0.15) is 0 Å². The molecule has 1 aromatic carbocycles. The Morgan fingerprint density at radius 2 is 2.04 bits per heavy atom. The van der Waals surface area contributed by atoms with Crippen LogP contribution >= 0.6 is 0 Å².